The van der Waals surface area contributed by atoms with Gasteiger partial charge in [-0.2, -0.15) is 0 Å². The molecule has 2 fully saturated rings. The van der Waals surface area contributed by atoms with Crippen molar-refractivity contribution < 1.29 is 14.3 Å². The first kappa shape index (κ1) is 9.98. The number of methoxy groups -OCH3 is 1. The van der Waals surface area contributed by atoms with Gasteiger partial charge in [-0.05, 0) is 6.42 Å². The van der Waals surface area contributed by atoms with Gasteiger partial charge in [-0.1, -0.05) is 0 Å². The molecule has 0 bridgehead atoms. The van der Waals surface area contributed by atoms with Crippen molar-refractivity contribution in [3.05, 3.63) is 0 Å². The van der Waals surface area contributed by atoms with Crippen molar-refractivity contribution in [2.45, 2.75) is 25.4 Å². The first-order chi connectivity index (χ1) is 6.13. The van der Waals surface area contributed by atoms with E-state index in [1.54, 1.807) is 0 Å². The summed E-state index contributed by atoms with van der Waals surface area (Å²) in [5.74, 6) is -0.103. The fourth-order valence-electron chi connectivity index (χ4n) is 1.06. The van der Waals surface area contributed by atoms with Crippen LogP contribution >= 0.6 is 0 Å². The first-order valence-corrected chi connectivity index (χ1v) is 4.20. The Labute approximate surface area is 76.8 Å². The lowest BCUT2D eigenvalue weighted by atomic mass is 10.4. The van der Waals surface area contributed by atoms with E-state index >= 15 is 0 Å². The third-order valence-corrected chi connectivity index (χ3v) is 1.95. The Bertz CT molecular complexity index is 217. The van der Waals surface area contributed by atoms with Crippen molar-refractivity contribution in [2.75, 3.05) is 13.7 Å². The van der Waals surface area contributed by atoms with E-state index in [1.165, 1.54) is 14.0 Å². The van der Waals surface area contributed by atoms with Crippen LogP contribution in [0.4, 0.5) is 0 Å². The molecule has 0 spiro atoms. The second-order valence-corrected chi connectivity index (χ2v) is 3.09. The molecule has 0 aromatic carbocycles. The Morgan fingerprint density at radius 1 is 1.54 bits per heavy atom. The number of esters is 1. The van der Waals surface area contributed by atoms with Crippen LogP contribution in [0.5, 0.6) is 0 Å². The van der Waals surface area contributed by atoms with Gasteiger partial charge in [0.15, 0.2) is 0 Å². The van der Waals surface area contributed by atoms with Crippen molar-refractivity contribution in [3.63, 3.8) is 0 Å². The van der Waals surface area contributed by atoms with E-state index in [0.717, 1.165) is 6.42 Å². The second-order valence-electron chi connectivity index (χ2n) is 3.09. The first-order valence-electron chi connectivity index (χ1n) is 4.20. The van der Waals surface area contributed by atoms with Crippen LogP contribution in [0.3, 0.4) is 0 Å². The minimum Gasteiger partial charge on any atom is -0.469 e. The SMILES string of the molecule is COC(C)=O.O=C1CNC2CC2N1. The summed E-state index contributed by atoms with van der Waals surface area (Å²) in [6.07, 6.45) is 1.13. The molecule has 13 heavy (non-hydrogen) atoms. The van der Waals surface area contributed by atoms with E-state index in [4.69, 9.17) is 0 Å². The quantitative estimate of drug-likeness (QED) is 0.477. The van der Waals surface area contributed by atoms with Crippen LogP contribution in [0.1, 0.15) is 13.3 Å². The maximum atomic E-state index is 10.5. The lowest BCUT2D eigenvalue weighted by Crippen LogP contribution is -2.44. The highest BCUT2D eigenvalue weighted by atomic mass is 16.5. The predicted molar refractivity (Wildman–Crippen MR) is 46.0 cm³/mol. The number of nitrogens with one attached hydrogen (secondary N) is 2. The summed E-state index contributed by atoms with van der Waals surface area (Å²) in [5, 5.41) is 5.95. The molecular formula is C8H14N2O3. The van der Waals surface area contributed by atoms with E-state index in [1.807, 2.05) is 0 Å². The smallest absolute Gasteiger partial charge is 0.302 e. The molecule has 1 saturated carbocycles. The summed E-state index contributed by atoms with van der Waals surface area (Å²) in [7, 11) is 1.35. The third kappa shape index (κ3) is 3.42. The van der Waals surface area contributed by atoms with Crippen molar-refractivity contribution in [2.24, 2.45) is 0 Å². The molecule has 2 aliphatic rings. The Hall–Kier alpha value is -1.10. The van der Waals surface area contributed by atoms with E-state index < -0.39 is 0 Å². The van der Waals surface area contributed by atoms with Crippen molar-refractivity contribution in [1.82, 2.24) is 10.6 Å². The van der Waals surface area contributed by atoms with E-state index in [0.29, 0.717) is 18.6 Å². The molecule has 2 N–H and O–H groups in total. The zero-order chi connectivity index (χ0) is 9.84. The monoisotopic (exact) mass is 186 g/mol. The molecule has 1 amide bonds. The van der Waals surface area contributed by atoms with E-state index in [-0.39, 0.29) is 11.9 Å². The summed E-state index contributed by atoms with van der Waals surface area (Å²) in [5.41, 5.74) is 0. The van der Waals surface area contributed by atoms with Gasteiger partial charge in [0, 0.05) is 19.0 Å². The zero-order valence-electron chi connectivity index (χ0n) is 7.79. The Morgan fingerprint density at radius 3 is 2.54 bits per heavy atom. The van der Waals surface area contributed by atoms with Crippen LogP contribution in [-0.2, 0) is 14.3 Å². The molecule has 1 aliphatic heterocycles. The minimum atomic E-state index is -0.245. The average Bonchev–Trinajstić information content (AvgIpc) is 2.83. The highest BCUT2D eigenvalue weighted by molar-refractivity contribution is 5.80. The van der Waals surface area contributed by atoms with Crippen molar-refractivity contribution in [1.29, 1.82) is 0 Å². The number of piperazine rings is 1. The van der Waals surface area contributed by atoms with Crippen molar-refractivity contribution in [3.8, 4) is 0 Å². The Morgan fingerprint density at radius 2 is 2.15 bits per heavy atom. The molecule has 1 saturated heterocycles. The summed E-state index contributed by atoms with van der Waals surface area (Å²) in [6.45, 7) is 1.88. The third-order valence-electron chi connectivity index (χ3n) is 1.95. The van der Waals surface area contributed by atoms with E-state index in [2.05, 4.69) is 15.4 Å². The Balaban J connectivity index is 0.000000149. The van der Waals surface area contributed by atoms with Gasteiger partial charge in [0.05, 0.1) is 13.7 Å². The van der Waals surface area contributed by atoms with Gasteiger partial charge >= 0.3 is 5.97 Å². The van der Waals surface area contributed by atoms with Crippen LogP contribution in [-0.4, -0.2) is 37.6 Å². The van der Waals surface area contributed by atoms with Crippen LogP contribution in [0.2, 0.25) is 0 Å². The number of hydrogen-bond donors (Lipinski definition) is 2. The lowest BCUT2D eigenvalue weighted by Gasteiger charge is -2.10. The molecule has 5 nitrogen and oxygen atoms in total. The standard InChI is InChI=1S/C5H8N2O.C3H6O2/c8-5-2-6-3-1-4(3)7-5;1-3(4)5-2/h3-4,6H,1-2H2,(H,7,8);1-2H3. The number of hydrogen-bond acceptors (Lipinski definition) is 4. The Kier molecular flexibility index (Phi) is 3.25. The molecule has 5 heteroatoms. The van der Waals surface area contributed by atoms with Crippen LogP contribution in [0.25, 0.3) is 0 Å². The van der Waals surface area contributed by atoms with Gasteiger partial charge < -0.3 is 15.4 Å². The van der Waals surface area contributed by atoms with Gasteiger partial charge in [0.2, 0.25) is 5.91 Å². The summed E-state index contributed by atoms with van der Waals surface area (Å²) >= 11 is 0. The zero-order valence-corrected chi connectivity index (χ0v) is 7.79. The van der Waals surface area contributed by atoms with Crippen molar-refractivity contribution >= 4 is 11.9 Å². The molecule has 0 radical (unpaired) electrons. The molecule has 74 valence electrons. The highest BCUT2D eigenvalue weighted by Gasteiger charge is 2.41. The van der Waals surface area contributed by atoms with Gasteiger partial charge in [0.25, 0.3) is 0 Å². The molecular weight excluding hydrogens is 172 g/mol. The van der Waals surface area contributed by atoms with Gasteiger partial charge in [-0.15, -0.1) is 0 Å². The number of fused-ring (bicyclic) bond motifs is 1. The molecule has 0 aromatic rings. The fourth-order valence-corrected chi connectivity index (χ4v) is 1.06. The average molecular weight is 186 g/mol. The maximum Gasteiger partial charge on any atom is 0.302 e. The molecule has 2 atom stereocenters. The molecule has 2 rings (SSSR count). The van der Waals surface area contributed by atoms with Gasteiger partial charge in [0.1, 0.15) is 0 Å². The molecule has 1 heterocycles. The fraction of sp³-hybridized carbons (Fsp3) is 0.750. The minimum absolute atomic E-state index is 0.142. The van der Waals surface area contributed by atoms with Gasteiger partial charge in [-0.25, -0.2) is 0 Å². The topological polar surface area (TPSA) is 67.4 Å². The highest BCUT2D eigenvalue weighted by Crippen LogP contribution is 2.22. The largest absolute Gasteiger partial charge is 0.469 e. The second kappa shape index (κ2) is 4.23. The normalized spacial score (nSPS) is 28.9. The van der Waals surface area contributed by atoms with Crippen LogP contribution in [0.15, 0.2) is 0 Å². The van der Waals surface area contributed by atoms with E-state index in [9.17, 15) is 9.59 Å². The molecule has 0 aromatic heterocycles. The van der Waals surface area contributed by atoms with Crippen LogP contribution in [0, 0.1) is 0 Å². The summed E-state index contributed by atoms with van der Waals surface area (Å²) in [4.78, 5) is 20.1. The predicted octanol–water partition coefficient (Wildman–Crippen LogP) is -0.974. The number of carbonyl (C=O) groups excluding carboxylic acids is 2. The summed E-state index contributed by atoms with van der Waals surface area (Å²) in [6, 6.07) is 1.07. The number of amides is 1. The van der Waals surface area contributed by atoms with Gasteiger partial charge in [-0.3, -0.25) is 9.59 Å². The summed E-state index contributed by atoms with van der Waals surface area (Å²) < 4.78 is 4.11. The molecule has 1 aliphatic carbocycles. The molecule has 2 unspecified atom stereocenters. The number of ether oxygens (including phenoxy) is 1. The maximum absolute atomic E-state index is 10.5. The lowest BCUT2D eigenvalue weighted by molar-refractivity contribution is -0.137. The number of rotatable bonds is 0. The number of carbonyl (C=O) groups is 2. The van der Waals surface area contributed by atoms with Crippen LogP contribution < -0.4 is 10.6 Å².